The van der Waals surface area contributed by atoms with Gasteiger partial charge in [-0.25, -0.2) is 0 Å². The summed E-state index contributed by atoms with van der Waals surface area (Å²) in [6, 6.07) is 13.1. The molecule has 1 aliphatic heterocycles. The second-order valence-electron chi connectivity index (χ2n) is 6.60. The molecule has 0 atom stereocenters. The van der Waals surface area contributed by atoms with Crippen LogP contribution in [-0.2, 0) is 15.7 Å². The molecule has 0 unspecified atom stereocenters. The van der Waals surface area contributed by atoms with Crippen molar-refractivity contribution in [3.63, 3.8) is 0 Å². The van der Waals surface area contributed by atoms with E-state index in [0.717, 1.165) is 23.5 Å². The number of methoxy groups -OCH3 is 1. The van der Waals surface area contributed by atoms with Crippen LogP contribution < -0.4 is 4.90 Å². The van der Waals surface area contributed by atoms with Gasteiger partial charge < -0.3 is 14.2 Å². The Bertz CT molecular complexity index is 1000. The summed E-state index contributed by atoms with van der Waals surface area (Å²) in [6.07, 6.45) is -2.60. The third kappa shape index (κ3) is 3.13. The molecule has 27 heavy (non-hydrogen) atoms. The summed E-state index contributed by atoms with van der Waals surface area (Å²) in [5.41, 5.74) is 1.86. The number of anilines is 1. The Hall–Kier alpha value is -2.96. The Morgan fingerprint density at radius 2 is 1.81 bits per heavy atom. The molecule has 3 aromatic rings. The molecule has 2 heterocycles. The van der Waals surface area contributed by atoms with Crippen molar-refractivity contribution in [3.8, 4) is 5.69 Å². The number of halogens is 3. The number of nitrogens with zero attached hydrogens (tertiary/aromatic N) is 2. The van der Waals surface area contributed by atoms with Crippen LogP contribution in [0.15, 0.2) is 54.7 Å². The first-order valence-electron chi connectivity index (χ1n) is 8.48. The first kappa shape index (κ1) is 17.5. The molecule has 1 aliphatic rings. The minimum Gasteiger partial charge on any atom is -0.469 e. The molecular formula is C20H17F3N2O2. The zero-order valence-electron chi connectivity index (χ0n) is 14.5. The number of ether oxygens (including phenoxy) is 1. The highest BCUT2D eigenvalue weighted by Crippen LogP contribution is 2.33. The first-order chi connectivity index (χ1) is 12.9. The van der Waals surface area contributed by atoms with Crippen LogP contribution in [0.3, 0.4) is 0 Å². The van der Waals surface area contributed by atoms with Crippen molar-refractivity contribution < 1.29 is 22.7 Å². The second kappa shape index (κ2) is 6.33. The highest BCUT2D eigenvalue weighted by molar-refractivity contribution is 5.83. The van der Waals surface area contributed by atoms with Gasteiger partial charge in [-0.15, -0.1) is 0 Å². The number of aromatic nitrogens is 1. The molecule has 4 rings (SSSR count). The first-order valence-corrected chi connectivity index (χ1v) is 8.48. The average Bonchev–Trinajstić information content (AvgIpc) is 3.03. The van der Waals surface area contributed by atoms with Crippen molar-refractivity contribution in [3.05, 3.63) is 60.3 Å². The monoisotopic (exact) mass is 374 g/mol. The van der Waals surface area contributed by atoms with E-state index in [2.05, 4.69) is 4.90 Å². The molecule has 0 aliphatic carbocycles. The fourth-order valence-electron chi connectivity index (χ4n) is 3.39. The average molecular weight is 374 g/mol. The highest BCUT2D eigenvalue weighted by Gasteiger charge is 2.33. The number of benzene rings is 2. The largest absolute Gasteiger partial charge is 0.469 e. The van der Waals surface area contributed by atoms with Gasteiger partial charge in [0.25, 0.3) is 0 Å². The lowest BCUT2D eigenvalue weighted by Gasteiger charge is -2.39. The molecule has 0 spiro atoms. The molecule has 2 aromatic carbocycles. The van der Waals surface area contributed by atoms with E-state index in [4.69, 9.17) is 4.74 Å². The summed E-state index contributed by atoms with van der Waals surface area (Å²) in [5.74, 6) is -0.328. The summed E-state index contributed by atoms with van der Waals surface area (Å²) >= 11 is 0. The lowest BCUT2D eigenvalue weighted by atomic mass is 9.99. The minimum atomic E-state index is -4.36. The smallest absolute Gasteiger partial charge is 0.416 e. The topological polar surface area (TPSA) is 34.5 Å². The summed E-state index contributed by atoms with van der Waals surface area (Å²) in [7, 11) is 1.38. The molecule has 1 fully saturated rings. The summed E-state index contributed by atoms with van der Waals surface area (Å²) in [5, 5.41) is 0.532. The second-order valence-corrected chi connectivity index (χ2v) is 6.60. The maximum absolute atomic E-state index is 12.9. The van der Waals surface area contributed by atoms with Crippen LogP contribution >= 0.6 is 0 Å². The van der Waals surface area contributed by atoms with E-state index >= 15 is 0 Å². The molecule has 0 radical (unpaired) electrons. The lowest BCUT2D eigenvalue weighted by Crippen LogP contribution is -2.50. The molecule has 0 saturated carbocycles. The number of rotatable bonds is 3. The van der Waals surface area contributed by atoms with Gasteiger partial charge in [-0.2, -0.15) is 13.2 Å². The van der Waals surface area contributed by atoms with E-state index in [9.17, 15) is 18.0 Å². The van der Waals surface area contributed by atoms with Crippen molar-refractivity contribution in [2.45, 2.75) is 6.18 Å². The fourth-order valence-corrected chi connectivity index (χ4v) is 3.39. The normalized spacial score (nSPS) is 15.0. The number of fused-ring (bicyclic) bond motifs is 1. The number of alkyl halides is 3. The quantitative estimate of drug-likeness (QED) is 0.643. The number of carbonyl (C=O) groups excluding carboxylic acids is 1. The molecule has 4 nitrogen and oxygen atoms in total. The van der Waals surface area contributed by atoms with Crippen molar-refractivity contribution in [1.82, 2.24) is 4.57 Å². The van der Waals surface area contributed by atoms with Crippen LogP contribution in [0.25, 0.3) is 16.6 Å². The van der Waals surface area contributed by atoms with E-state index < -0.39 is 11.7 Å². The molecule has 0 N–H and O–H groups in total. The minimum absolute atomic E-state index is 0.119. The fraction of sp³-hybridized carbons (Fsp3) is 0.250. The van der Waals surface area contributed by atoms with Gasteiger partial charge >= 0.3 is 12.1 Å². The highest BCUT2D eigenvalue weighted by atomic mass is 19.4. The van der Waals surface area contributed by atoms with Gasteiger partial charge in [0.05, 0.1) is 24.1 Å². The van der Waals surface area contributed by atoms with E-state index in [-0.39, 0.29) is 11.9 Å². The molecule has 0 bridgehead atoms. The molecule has 140 valence electrons. The van der Waals surface area contributed by atoms with Crippen molar-refractivity contribution in [2.75, 3.05) is 25.1 Å². The van der Waals surface area contributed by atoms with E-state index in [1.165, 1.54) is 13.2 Å². The summed E-state index contributed by atoms with van der Waals surface area (Å²) in [4.78, 5) is 13.6. The molecule has 1 aromatic heterocycles. The van der Waals surface area contributed by atoms with Gasteiger partial charge in [-0.05, 0) is 42.5 Å². The maximum Gasteiger partial charge on any atom is 0.416 e. The van der Waals surface area contributed by atoms with Crippen LogP contribution in [-0.4, -0.2) is 30.7 Å². The Kier molecular flexibility index (Phi) is 4.09. The van der Waals surface area contributed by atoms with Crippen LogP contribution in [0.4, 0.5) is 18.9 Å². The van der Waals surface area contributed by atoms with Crippen LogP contribution in [0.1, 0.15) is 5.56 Å². The third-order valence-corrected chi connectivity index (χ3v) is 4.91. The molecular weight excluding hydrogens is 357 g/mol. The maximum atomic E-state index is 12.9. The van der Waals surface area contributed by atoms with Crippen molar-refractivity contribution >= 4 is 22.6 Å². The van der Waals surface area contributed by atoms with Crippen molar-refractivity contribution in [1.29, 1.82) is 0 Å². The van der Waals surface area contributed by atoms with Gasteiger partial charge in [-0.3, -0.25) is 4.79 Å². The zero-order chi connectivity index (χ0) is 19.2. The number of carbonyl (C=O) groups is 1. The predicted octanol–water partition coefficient (Wildman–Crippen LogP) is 4.26. The van der Waals surface area contributed by atoms with Gasteiger partial charge in [-0.1, -0.05) is 6.07 Å². The van der Waals surface area contributed by atoms with E-state index in [1.54, 1.807) is 12.3 Å². The molecule has 0 amide bonds. The summed E-state index contributed by atoms with van der Waals surface area (Å²) < 4.78 is 45.3. The van der Waals surface area contributed by atoms with Crippen LogP contribution in [0.5, 0.6) is 0 Å². The summed E-state index contributed by atoms with van der Waals surface area (Å²) in [6.45, 7) is 1.19. The van der Waals surface area contributed by atoms with Gasteiger partial charge in [0.2, 0.25) is 0 Å². The predicted molar refractivity (Wildman–Crippen MR) is 96.0 cm³/mol. The number of hydrogen-bond acceptors (Lipinski definition) is 3. The lowest BCUT2D eigenvalue weighted by molar-refractivity contribution is -0.146. The van der Waals surface area contributed by atoms with Crippen LogP contribution in [0, 0.1) is 5.92 Å². The SMILES string of the molecule is COC(=O)C1CN(c2cccc(-n3ccc4cc(C(F)(F)F)ccc43)c2)C1. The van der Waals surface area contributed by atoms with E-state index in [1.807, 2.05) is 28.8 Å². The molecule has 7 heteroatoms. The number of esters is 1. The van der Waals surface area contributed by atoms with Crippen LogP contribution in [0.2, 0.25) is 0 Å². The Labute approximate surface area is 153 Å². The van der Waals surface area contributed by atoms with Gasteiger partial charge in [0, 0.05) is 36.0 Å². The standard InChI is InChI=1S/C20H17F3N2O2/c1-27-19(26)14-11-24(12-14)16-3-2-4-17(10-16)25-8-7-13-9-15(20(21,22)23)5-6-18(13)25/h2-10,14H,11-12H2,1H3. The van der Waals surface area contributed by atoms with E-state index in [0.29, 0.717) is 24.0 Å². The van der Waals surface area contributed by atoms with Gasteiger partial charge in [0.1, 0.15) is 0 Å². The molecule has 1 saturated heterocycles. The zero-order valence-corrected chi connectivity index (χ0v) is 14.5. The number of hydrogen-bond donors (Lipinski definition) is 0. The Morgan fingerprint density at radius 3 is 2.52 bits per heavy atom. The third-order valence-electron chi connectivity index (χ3n) is 4.91. The Balaban J connectivity index is 1.62. The van der Waals surface area contributed by atoms with Crippen molar-refractivity contribution in [2.24, 2.45) is 5.92 Å². The Morgan fingerprint density at radius 1 is 1.07 bits per heavy atom. The van der Waals surface area contributed by atoms with Gasteiger partial charge in [0.15, 0.2) is 0 Å².